The molecule has 4 N–H and O–H groups in total. The number of aliphatic hydroxyl groups is 2. The summed E-state index contributed by atoms with van der Waals surface area (Å²) in [4.78, 5) is 15.2. The van der Waals surface area contributed by atoms with Crippen LogP contribution in [0.4, 0.5) is 16.2 Å². The topological polar surface area (TPSA) is 113 Å². The molecule has 234 valence electrons. The molecule has 6 rings (SSSR count). The second-order valence-electron chi connectivity index (χ2n) is 11.5. The van der Waals surface area contributed by atoms with E-state index in [1.165, 1.54) is 0 Å². The normalized spacial score (nSPS) is 21.7. The molecule has 0 radical (unpaired) electrons. The summed E-state index contributed by atoms with van der Waals surface area (Å²) >= 11 is 0. The maximum atomic E-state index is 12.9. The van der Waals surface area contributed by atoms with Gasteiger partial charge in [-0.3, -0.25) is 4.90 Å². The zero-order chi connectivity index (χ0) is 31.0. The van der Waals surface area contributed by atoms with Crippen molar-refractivity contribution in [1.82, 2.24) is 4.90 Å². The number of para-hydroxylation sites is 1. The van der Waals surface area contributed by atoms with Gasteiger partial charge in [0.25, 0.3) is 0 Å². The Bertz CT molecular complexity index is 1530. The lowest BCUT2D eigenvalue weighted by molar-refractivity contribution is -0.253. The Labute approximate surface area is 263 Å². The molecular formula is C36H39N3O6. The number of amides is 2. The van der Waals surface area contributed by atoms with Gasteiger partial charge >= 0.3 is 6.03 Å². The van der Waals surface area contributed by atoms with E-state index in [9.17, 15) is 15.0 Å². The number of benzene rings is 4. The zero-order valence-corrected chi connectivity index (χ0v) is 25.0. The third-order valence-electron chi connectivity index (χ3n) is 8.27. The molecule has 0 unspecified atom stereocenters. The number of rotatable bonds is 10. The second-order valence-corrected chi connectivity index (χ2v) is 11.5. The average molecular weight is 610 g/mol. The van der Waals surface area contributed by atoms with E-state index in [0.717, 1.165) is 41.8 Å². The molecule has 0 saturated carbocycles. The van der Waals surface area contributed by atoms with Gasteiger partial charge in [0.15, 0.2) is 6.29 Å². The first kappa shape index (κ1) is 30.8. The predicted molar refractivity (Wildman–Crippen MR) is 172 cm³/mol. The molecule has 0 spiro atoms. The van der Waals surface area contributed by atoms with Crippen LogP contribution in [0.15, 0.2) is 103 Å². The van der Waals surface area contributed by atoms with Crippen LogP contribution in [0.1, 0.15) is 48.3 Å². The van der Waals surface area contributed by atoms with Gasteiger partial charge in [0, 0.05) is 35.9 Å². The van der Waals surface area contributed by atoms with E-state index in [2.05, 4.69) is 15.5 Å². The highest BCUT2D eigenvalue weighted by atomic mass is 16.7. The average Bonchev–Trinajstić information content (AvgIpc) is 3.53. The number of nitrogens with zero attached hydrogens (tertiary/aromatic N) is 1. The molecule has 2 aliphatic rings. The summed E-state index contributed by atoms with van der Waals surface area (Å²) < 4.78 is 18.8. The summed E-state index contributed by atoms with van der Waals surface area (Å²) in [6, 6.07) is 31.7. The fraction of sp³-hybridized carbons (Fsp3) is 0.306. The number of likely N-dealkylation sites (tertiary alicyclic amines) is 1. The van der Waals surface area contributed by atoms with E-state index in [1.54, 1.807) is 24.3 Å². The number of hydrogen-bond acceptors (Lipinski definition) is 7. The highest BCUT2D eigenvalue weighted by Crippen LogP contribution is 2.39. The van der Waals surface area contributed by atoms with Crippen molar-refractivity contribution in [3.05, 3.63) is 120 Å². The molecule has 2 saturated heterocycles. The van der Waals surface area contributed by atoms with Crippen molar-refractivity contribution in [3.63, 3.8) is 0 Å². The lowest BCUT2D eigenvalue weighted by Crippen LogP contribution is -2.42. The summed E-state index contributed by atoms with van der Waals surface area (Å²) in [7, 11) is 0. The number of urea groups is 1. The van der Waals surface area contributed by atoms with Crippen LogP contribution >= 0.6 is 0 Å². The molecular weight excluding hydrogens is 570 g/mol. The molecule has 9 nitrogen and oxygen atoms in total. The molecule has 4 atom stereocenters. The Morgan fingerprint density at radius 2 is 1.58 bits per heavy atom. The van der Waals surface area contributed by atoms with E-state index < -0.39 is 6.29 Å². The summed E-state index contributed by atoms with van der Waals surface area (Å²) in [5.74, 6) is 1.41. The van der Waals surface area contributed by atoms with Gasteiger partial charge in [-0.2, -0.15) is 0 Å². The quantitative estimate of drug-likeness (QED) is 0.160. The van der Waals surface area contributed by atoms with Crippen LogP contribution in [0.3, 0.4) is 0 Å². The zero-order valence-electron chi connectivity index (χ0n) is 25.0. The van der Waals surface area contributed by atoms with E-state index in [1.807, 2.05) is 78.9 Å². The van der Waals surface area contributed by atoms with Crippen LogP contribution in [0.25, 0.3) is 0 Å². The Kier molecular flexibility index (Phi) is 10.0. The molecule has 0 aromatic heterocycles. The summed E-state index contributed by atoms with van der Waals surface area (Å²) in [6.45, 7) is 1.76. The van der Waals surface area contributed by atoms with Crippen LogP contribution < -0.4 is 15.4 Å². The van der Waals surface area contributed by atoms with Gasteiger partial charge in [-0.1, -0.05) is 54.6 Å². The summed E-state index contributed by atoms with van der Waals surface area (Å²) in [5, 5.41) is 25.1. The third-order valence-corrected chi connectivity index (χ3v) is 8.27. The Balaban J connectivity index is 1.12. The van der Waals surface area contributed by atoms with Crippen LogP contribution in [-0.2, 0) is 16.1 Å². The first-order valence-corrected chi connectivity index (χ1v) is 15.4. The van der Waals surface area contributed by atoms with Gasteiger partial charge in [-0.25, -0.2) is 4.79 Å². The highest BCUT2D eigenvalue weighted by Gasteiger charge is 2.35. The first-order chi connectivity index (χ1) is 22.1. The van der Waals surface area contributed by atoms with Crippen molar-refractivity contribution in [2.24, 2.45) is 0 Å². The van der Waals surface area contributed by atoms with Crippen LogP contribution in [0, 0.1) is 0 Å². The van der Waals surface area contributed by atoms with Crippen molar-refractivity contribution in [1.29, 1.82) is 0 Å². The van der Waals surface area contributed by atoms with Crippen molar-refractivity contribution in [3.8, 4) is 11.5 Å². The molecule has 2 fully saturated rings. The van der Waals surface area contributed by atoms with Crippen molar-refractivity contribution in [2.75, 3.05) is 30.3 Å². The monoisotopic (exact) mass is 609 g/mol. The highest BCUT2D eigenvalue weighted by molar-refractivity contribution is 5.99. The second kappa shape index (κ2) is 14.7. The first-order valence-electron chi connectivity index (χ1n) is 15.4. The fourth-order valence-electron chi connectivity index (χ4n) is 5.92. The van der Waals surface area contributed by atoms with Gasteiger partial charge in [0.05, 0.1) is 25.4 Å². The molecule has 4 aromatic carbocycles. The number of ether oxygens (including phenoxy) is 3. The number of aliphatic hydroxyl groups excluding tert-OH is 2. The molecule has 2 heterocycles. The summed E-state index contributed by atoms with van der Waals surface area (Å²) in [5.41, 5.74) is 3.88. The third kappa shape index (κ3) is 8.08. The predicted octanol–water partition coefficient (Wildman–Crippen LogP) is 6.62. The smallest absolute Gasteiger partial charge is 0.323 e. The minimum atomic E-state index is -0.650. The molecule has 2 amide bonds. The van der Waals surface area contributed by atoms with Gasteiger partial charge in [0.2, 0.25) is 0 Å². The minimum absolute atomic E-state index is 0.0149. The lowest BCUT2D eigenvalue weighted by Gasteiger charge is -2.38. The molecule has 45 heavy (non-hydrogen) atoms. The van der Waals surface area contributed by atoms with Crippen LogP contribution in [-0.4, -0.2) is 53.0 Å². The molecule has 0 aliphatic carbocycles. The number of nitrogens with one attached hydrogen (secondary N) is 2. The van der Waals surface area contributed by atoms with Gasteiger partial charge in [-0.05, 0) is 79.0 Å². The SMILES string of the molecule is O=C(Nc1ccc(Oc2ccccc2)cc1)Nc1cccc([C@@H]2O[C@H](CN3CCC[C@H]3CO)C[C@H](c3ccc(CO)cc3)O2)c1. The van der Waals surface area contributed by atoms with E-state index in [0.29, 0.717) is 30.1 Å². The van der Waals surface area contributed by atoms with E-state index in [-0.39, 0.29) is 37.5 Å². The minimum Gasteiger partial charge on any atom is -0.457 e. The van der Waals surface area contributed by atoms with E-state index in [4.69, 9.17) is 14.2 Å². The fourth-order valence-corrected chi connectivity index (χ4v) is 5.92. The number of carbonyl (C=O) groups excluding carboxylic acids is 1. The Morgan fingerprint density at radius 1 is 0.822 bits per heavy atom. The van der Waals surface area contributed by atoms with Crippen molar-refractivity contribution < 1.29 is 29.2 Å². The van der Waals surface area contributed by atoms with E-state index >= 15 is 0 Å². The van der Waals surface area contributed by atoms with Crippen LogP contribution in [0.5, 0.6) is 11.5 Å². The Hall–Kier alpha value is -4.25. The maximum absolute atomic E-state index is 12.9. The van der Waals surface area contributed by atoms with Gasteiger partial charge in [0.1, 0.15) is 11.5 Å². The molecule has 0 bridgehead atoms. The molecule has 2 aliphatic heterocycles. The van der Waals surface area contributed by atoms with Gasteiger partial charge in [-0.15, -0.1) is 0 Å². The van der Waals surface area contributed by atoms with Crippen LogP contribution in [0.2, 0.25) is 0 Å². The van der Waals surface area contributed by atoms with Gasteiger partial charge < -0.3 is 35.1 Å². The Morgan fingerprint density at radius 3 is 2.33 bits per heavy atom. The largest absolute Gasteiger partial charge is 0.457 e. The number of anilines is 2. The summed E-state index contributed by atoms with van der Waals surface area (Å²) in [6.07, 6.45) is 1.72. The van der Waals surface area contributed by atoms with Crippen molar-refractivity contribution in [2.45, 2.75) is 50.4 Å². The number of hydrogen-bond donors (Lipinski definition) is 4. The molecule has 9 heteroatoms. The maximum Gasteiger partial charge on any atom is 0.323 e. The van der Waals surface area contributed by atoms with Crippen molar-refractivity contribution >= 4 is 17.4 Å². The molecule has 4 aromatic rings. The lowest BCUT2D eigenvalue weighted by atomic mass is 9.99. The standard InChI is InChI=1S/C36H39N3O6/c40-23-25-11-13-26(14-12-25)34-21-33(22-39-19-5-8-30(39)24-41)44-35(45-34)27-6-4-7-29(20-27)38-36(42)37-28-15-17-32(18-16-28)43-31-9-2-1-3-10-31/h1-4,6-7,9-18,20,30,33-35,40-41H,5,8,19,21-24H2,(H2,37,38,42)/t30-,33-,34+,35+/m0/s1. The number of carbonyl (C=O) groups is 1.